The molecule has 0 spiro atoms. The quantitative estimate of drug-likeness (QED) is 0.160. The van der Waals surface area contributed by atoms with Gasteiger partial charge in [0.1, 0.15) is 17.2 Å². The molecule has 0 aliphatic heterocycles. The van der Waals surface area contributed by atoms with Crippen LogP contribution in [0.15, 0.2) is 188 Å². The molecule has 3 heteroatoms. The summed E-state index contributed by atoms with van der Waals surface area (Å²) in [6, 6.07) is 61.6. The maximum atomic E-state index is 8.63. The van der Waals surface area contributed by atoms with Crippen LogP contribution < -0.4 is 0 Å². The largest absolute Gasteiger partial charge is 0.508 e. The fourth-order valence-electron chi connectivity index (χ4n) is 5.27. The minimum Gasteiger partial charge on any atom is -0.508 e. The third-order valence-electron chi connectivity index (χ3n) is 8.81. The standard InChI is InChI=1S/2C17H20.3C6H6O/c2*1-4-14-5-7-16(8-6-14)17-11-9-15(10-12-17)13(2)3;3*7-6-4-2-1-3-5-6/h2*5-13H,4H2,1-3H3;3*1-5,7H. The zero-order chi connectivity index (χ0) is 39.8. The Kier molecular flexibility index (Phi) is 19.1. The monoisotopic (exact) mass is 730 g/mol. The average molecular weight is 731 g/mol. The van der Waals surface area contributed by atoms with E-state index >= 15 is 0 Å². The van der Waals surface area contributed by atoms with Crippen LogP contribution in [0.3, 0.4) is 0 Å². The Morgan fingerprint density at radius 1 is 0.309 bits per heavy atom. The predicted octanol–water partition coefficient (Wildman–Crippen LogP) is 14.3. The fourth-order valence-corrected chi connectivity index (χ4v) is 5.27. The van der Waals surface area contributed by atoms with E-state index in [-0.39, 0.29) is 0 Å². The Morgan fingerprint density at radius 2 is 0.527 bits per heavy atom. The molecule has 0 unspecified atom stereocenters. The first kappa shape index (κ1) is 43.3. The second kappa shape index (κ2) is 24.3. The summed E-state index contributed by atoms with van der Waals surface area (Å²) in [5, 5.41) is 25.9. The lowest BCUT2D eigenvalue weighted by Gasteiger charge is -2.07. The van der Waals surface area contributed by atoms with Crippen LogP contribution in [0.1, 0.15) is 75.6 Å². The number of para-hydroxylation sites is 3. The van der Waals surface area contributed by atoms with Crippen molar-refractivity contribution >= 4 is 0 Å². The Balaban J connectivity index is 0.000000197. The van der Waals surface area contributed by atoms with Crippen LogP contribution >= 0.6 is 0 Å². The molecule has 7 rings (SSSR count). The van der Waals surface area contributed by atoms with Gasteiger partial charge in [0.2, 0.25) is 0 Å². The van der Waals surface area contributed by atoms with Crippen molar-refractivity contribution < 1.29 is 15.3 Å². The molecule has 284 valence electrons. The molecule has 0 aliphatic rings. The third-order valence-corrected chi connectivity index (χ3v) is 8.81. The topological polar surface area (TPSA) is 60.7 Å². The first-order valence-corrected chi connectivity index (χ1v) is 19.2. The Morgan fingerprint density at radius 3 is 0.691 bits per heavy atom. The second-order valence-electron chi connectivity index (χ2n) is 13.7. The van der Waals surface area contributed by atoms with Crippen LogP contribution in [-0.2, 0) is 12.8 Å². The Labute approximate surface area is 330 Å². The summed E-state index contributed by atoms with van der Waals surface area (Å²) in [7, 11) is 0. The molecule has 0 aliphatic carbocycles. The third kappa shape index (κ3) is 16.7. The molecule has 0 aromatic heterocycles. The summed E-state index contributed by atoms with van der Waals surface area (Å²) in [4.78, 5) is 0. The van der Waals surface area contributed by atoms with Gasteiger partial charge in [0, 0.05) is 0 Å². The molecule has 0 saturated heterocycles. The van der Waals surface area contributed by atoms with Gasteiger partial charge in [-0.2, -0.15) is 0 Å². The van der Waals surface area contributed by atoms with Gasteiger partial charge in [-0.15, -0.1) is 0 Å². The SMILES string of the molecule is CCc1ccc(-c2ccc(C(C)C)cc2)cc1.CCc1ccc(-c2ccc(C(C)C)cc2)cc1.Oc1ccccc1.Oc1ccccc1.Oc1ccccc1. The van der Waals surface area contributed by atoms with E-state index in [4.69, 9.17) is 15.3 Å². The van der Waals surface area contributed by atoms with Crippen molar-refractivity contribution in [3.63, 3.8) is 0 Å². The molecule has 55 heavy (non-hydrogen) atoms. The summed E-state index contributed by atoms with van der Waals surface area (Å²) in [6.07, 6.45) is 2.21. The van der Waals surface area contributed by atoms with E-state index < -0.39 is 0 Å². The van der Waals surface area contributed by atoms with Crippen LogP contribution in [0.5, 0.6) is 17.2 Å². The molecule has 0 amide bonds. The molecule has 0 atom stereocenters. The molecule has 7 aromatic rings. The summed E-state index contributed by atoms with van der Waals surface area (Å²) < 4.78 is 0. The van der Waals surface area contributed by atoms with E-state index in [0.29, 0.717) is 29.1 Å². The number of hydrogen-bond acceptors (Lipinski definition) is 3. The number of aromatic hydroxyl groups is 3. The number of phenols is 3. The van der Waals surface area contributed by atoms with Crippen LogP contribution in [0, 0.1) is 0 Å². The zero-order valence-corrected chi connectivity index (χ0v) is 33.3. The molecule has 3 nitrogen and oxygen atoms in total. The fraction of sp³-hybridized carbons (Fsp3) is 0.192. The summed E-state index contributed by atoms with van der Waals surface area (Å²) in [6.45, 7) is 13.3. The van der Waals surface area contributed by atoms with Gasteiger partial charge in [0.15, 0.2) is 0 Å². The number of hydrogen-bond donors (Lipinski definition) is 3. The molecule has 0 saturated carbocycles. The normalized spacial score (nSPS) is 9.96. The van der Waals surface area contributed by atoms with E-state index in [9.17, 15) is 0 Å². The minimum atomic E-state index is 0.322. The van der Waals surface area contributed by atoms with Crippen molar-refractivity contribution in [3.05, 3.63) is 210 Å². The molecular formula is C52H58O3. The Hall–Kier alpha value is -6.06. The van der Waals surface area contributed by atoms with E-state index in [1.165, 1.54) is 44.5 Å². The van der Waals surface area contributed by atoms with Crippen molar-refractivity contribution in [2.24, 2.45) is 0 Å². The predicted molar refractivity (Wildman–Crippen MR) is 235 cm³/mol. The van der Waals surface area contributed by atoms with Crippen molar-refractivity contribution in [3.8, 4) is 39.5 Å². The van der Waals surface area contributed by atoms with Gasteiger partial charge in [-0.05, 0) is 106 Å². The molecule has 0 radical (unpaired) electrons. The molecule has 0 heterocycles. The molecule has 3 N–H and O–H groups in total. The van der Waals surface area contributed by atoms with E-state index in [1.54, 1.807) is 72.8 Å². The lowest BCUT2D eigenvalue weighted by Crippen LogP contribution is -1.87. The highest BCUT2D eigenvalue weighted by atomic mass is 16.3. The van der Waals surface area contributed by atoms with Gasteiger partial charge in [-0.25, -0.2) is 0 Å². The lowest BCUT2D eigenvalue weighted by atomic mass is 9.98. The highest BCUT2D eigenvalue weighted by Crippen LogP contribution is 2.24. The molecule has 7 aromatic carbocycles. The summed E-state index contributed by atoms with van der Waals surface area (Å²) in [5.41, 5.74) is 10.8. The van der Waals surface area contributed by atoms with E-state index in [2.05, 4.69) is 139 Å². The van der Waals surface area contributed by atoms with Crippen LogP contribution in [0.2, 0.25) is 0 Å². The van der Waals surface area contributed by atoms with E-state index in [0.717, 1.165) is 12.8 Å². The summed E-state index contributed by atoms with van der Waals surface area (Å²) in [5.74, 6) is 2.17. The maximum Gasteiger partial charge on any atom is 0.115 e. The highest BCUT2D eigenvalue weighted by Gasteiger charge is 2.02. The van der Waals surface area contributed by atoms with Crippen LogP contribution in [0.25, 0.3) is 22.3 Å². The van der Waals surface area contributed by atoms with Crippen molar-refractivity contribution in [2.45, 2.75) is 66.2 Å². The van der Waals surface area contributed by atoms with Crippen LogP contribution in [0.4, 0.5) is 0 Å². The second-order valence-corrected chi connectivity index (χ2v) is 13.7. The van der Waals surface area contributed by atoms with Gasteiger partial charge in [-0.1, -0.05) is 193 Å². The van der Waals surface area contributed by atoms with Gasteiger partial charge in [0.25, 0.3) is 0 Å². The van der Waals surface area contributed by atoms with Crippen molar-refractivity contribution in [1.82, 2.24) is 0 Å². The molecular weight excluding hydrogens is 673 g/mol. The van der Waals surface area contributed by atoms with Gasteiger partial charge < -0.3 is 15.3 Å². The van der Waals surface area contributed by atoms with E-state index in [1.807, 2.05) is 18.2 Å². The number of rotatable bonds is 6. The van der Waals surface area contributed by atoms with Crippen LogP contribution in [-0.4, -0.2) is 15.3 Å². The highest BCUT2D eigenvalue weighted by molar-refractivity contribution is 5.65. The molecule has 0 fully saturated rings. The van der Waals surface area contributed by atoms with Gasteiger partial charge >= 0.3 is 0 Å². The van der Waals surface area contributed by atoms with Gasteiger partial charge in [0.05, 0.1) is 0 Å². The average Bonchev–Trinajstić information content (AvgIpc) is 3.23. The first-order chi connectivity index (χ1) is 26.6. The smallest absolute Gasteiger partial charge is 0.115 e. The molecule has 0 bridgehead atoms. The maximum absolute atomic E-state index is 8.63. The van der Waals surface area contributed by atoms with Crippen molar-refractivity contribution in [2.75, 3.05) is 0 Å². The lowest BCUT2D eigenvalue weighted by molar-refractivity contribution is 0.475. The number of aryl methyl sites for hydroxylation is 2. The number of phenolic OH excluding ortho intramolecular Hbond substituents is 3. The minimum absolute atomic E-state index is 0.322. The Bertz CT molecular complexity index is 1800. The van der Waals surface area contributed by atoms with Gasteiger partial charge in [-0.3, -0.25) is 0 Å². The van der Waals surface area contributed by atoms with Crippen molar-refractivity contribution in [1.29, 1.82) is 0 Å². The first-order valence-electron chi connectivity index (χ1n) is 19.2. The number of benzene rings is 7. The summed E-state index contributed by atoms with van der Waals surface area (Å²) >= 11 is 0. The zero-order valence-electron chi connectivity index (χ0n) is 33.3.